The summed E-state index contributed by atoms with van der Waals surface area (Å²) in [6.07, 6.45) is -7.56. The lowest BCUT2D eigenvalue weighted by Crippen LogP contribution is -2.69. The summed E-state index contributed by atoms with van der Waals surface area (Å²) in [5.74, 6) is -1.05. The minimum atomic E-state index is -1.25. The Labute approximate surface area is 456 Å². The first-order chi connectivity index (χ1) is 38.5. The molecule has 0 bridgehead atoms. The first-order valence-electron chi connectivity index (χ1n) is 26.5. The molecule has 0 spiro atoms. The number of hydrogen-bond donors (Lipinski definition) is 0. The average Bonchev–Trinajstić information content (AvgIpc) is 3.97. The molecule has 78 heavy (non-hydrogen) atoms. The molecule has 0 N–H and O–H groups in total. The van der Waals surface area contributed by atoms with Gasteiger partial charge in [-0.15, -0.1) is 6.58 Å². The molecule has 10 rings (SSSR count). The van der Waals surface area contributed by atoms with Crippen LogP contribution < -0.4 is 0 Å². The fourth-order valence-electron chi connectivity index (χ4n) is 10.1. The van der Waals surface area contributed by atoms with Gasteiger partial charge in [-0.1, -0.05) is 200 Å². The highest BCUT2D eigenvalue weighted by Gasteiger charge is 2.58. The third kappa shape index (κ3) is 13.8. The summed E-state index contributed by atoms with van der Waals surface area (Å²) >= 11 is 0. The highest BCUT2D eigenvalue weighted by atomic mass is 16.8. The van der Waals surface area contributed by atoms with Crippen molar-refractivity contribution >= 4 is 11.8 Å². The molecule has 0 aliphatic carbocycles. The normalized spacial score (nSPS) is 24.0. The Kier molecular flexibility index (Phi) is 19.2. The third-order valence-electron chi connectivity index (χ3n) is 13.9. The first kappa shape index (κ1) is 54.4. The number of fused-ring (bicyclic) bond motifs is 1. The molecule has 2 amide bonds. The Morgan fingerprint density at radius 3 is 1.15 bits per heavy atom. The van der Waals surface area contributed by atoms with Gasteiger partial charge < -0.3 is 47.4 Å². The smallest absolute Gasteiger partial charge is 0.262 e. The SMILES string of the molecule is C=CCOC1OC(COCc2ccccc2)C(OC2OC(COCc3ccccc3)C(OCc3ccccc3)C(OCc3ccccc3)C2OCc2ccccc2)C(OCc2ccccc2)C1N1C(=O)c2ccccc2C1=O. The number of benzene rings is 7. The number of hydrogen-bond acceptors (Lipinski definition) is 12. The van der Waals surface area contributed by atoms with Crippen molar-refractivity contribution in [2.45, 2.75) is 101 Å². The summed E-state index contributed by atoms with van der Waals surface area (Å²) in [4.78, 5) is 30.7. The number of rotatable bonds is 26. The molecule has 13 nitrogen and oxygen atoms in total. The van der Waals surface area contributed by atoms with Crippen molar-refractivity contribution in [3.63, 3.8) is 0 Å². The molecule has 0 aromatic heterocycles. The van der Waals surface area contributed by atoms with Gasteiger partial charge in [0.15, 0.2) is 12.6 Å². The van der Waals surface area contributed by atoms with E-state index >= 15 is 0 Å². The number of ether oxygens (including phenoxy) is 10. The van der Waals surface area contributed by atoms with E-state index in [0.29, 0.717) is 6.61 Å². The van der Waals surface area contributed by atoms with E-state index in [0.717, 1.165) is 33.4 Å². The van der Waals surface area contributed by atoms with Crippen molar-refractivity contribution in [2.24, 2.45) is 0 Å². The van der Waals surface area contributed by atoms with Gasteiger partial charge in [0.25, 0.3) is 11.8 Å². The second-order valence-corrected chi connectivity index (χ2v) is 19.4. The predicted molar refractivity (Wildman–Crippen MR) is 291 cm³/mol. The first-order valence-corrected chi connectivity index (χ1v) is 26.5. The number of imide groups is 1. The number of carbonyl (C=O) groups excluding carboxylic acids is 2. The van der Waals surface area contributed by atoms with Crippen LogP contribution in [-0.2, 0) is 87.0 Å². The summed E-state index contributed by atoms with van der Waals surface area (Å²) < 4.78 is 69.6. The fraction of sp³-hybridized carbons (Fsp3) is 0.292. The van der Waals surface area contributed by atoms with Gasteiger partial charge in [0, 0.05) is 0 Å². The molecular formula is C65H65NO12. The summed E-state index contributed by atoms with van der Waals surface area (Å²) in [7, 11) is 0. The van der Waals surface area contributed by atoms with Crippen molar-refractivity contribution in [1.29, 1.82) is 0 Å². The van der Waals surface area contributed by atoms with E-state index in [1.807, 2.05) is 182 Å². The quantitative estimate of drug-likeness (QED) is 0.0378. The van der Waals surface area contributed by atoms with Crippen LogP contribution in [0.1, 0.15) is 54.1 Å². The zero-order valence-corrected chi connectivity index (χ0v) is 43.4. The van der Waals surface area contributed by atoms with E-state index in [4.69, 9.17) is 47.4 Å². The van der Waals surface area contributed by atoms with Gasteiger partial charge >= 0.3 is 0 Å². The van der Waals surface area contributed by atoms with Gasteiger partial charge in [0.05, 0.1) is 70.6 Å². The van der Waals surface area contributed by atoms with Crippen molar-refractivity contribution in [3.05, 3.63) is 263 Å². The Bertz CT molecular complexity index is 2900. The molecule has 0 radical (unpaired) electrons. The van der Waals surface area contributed by atoms with E-state index in [1.54, 1.807) is 30.3 Å². The molecule has 402 valence electrons. The van der Waals surface area contributed by atoms with Gasteiger partial charge in [0.1, 0.15) is 48.8 Å². The molecule has 10 atom stereocenters. The van der Waals surface area contributed by atoms with Crippen LogP contribution in [0.25, 0.3) is 0 Å². The molecule has 3 aliphatic heterocycles. The molecule has 3 aliphatic rings. The third-order valence-corrected chi connectivity index (χ3v) is 13.9. The number of amides is 2. The summed E-state index contributed by atoms with van der Waals surface area (Å²) in [5, 5.41) is 0. The van der Waals surface area contributed by atoms with Gasteiger partial charge in [-0.05, 0) is 45.5 Å². The van der Waals surface area contributed by atoms with Crippen molar-refractivity contribution in [2.75, 3.05) is 19.8 Å². The number of nitrogens with zero attached hydrogens (tertiary/aromatic N) is 1. The van der Waals surface area contributed by atoms with Crippen LogP contribution in [0.2, 0.25) is 0 Å². The van der Waals surface area contributed by atoms with Crippen LogP contribution >= 0.6 is 0 Å². The Balaban J connectivity index is 1.08. The van der Waals surface area contributed by atoms with Crippen molar-refractivity contribution in [1.82, 2.24) is 4.90 Å². The lowest BCUT2D eigenvalue weighted by Gasteiger charge is -2.51. The fourth-order valence-corrected chi connectivity index (χ4v) is 10.1. The Morgan fingerprint density at radius 1 is 0.385 bits per heavy atom. The summed E-state index contributed by atoms with van der Waals surface area (Å²) in [5.41, 5.74) is 6.04. The molecule has 0 saturated carbocycles. The lowest BCUT2D eigenvalue weighted by atomic mass is 9.93. The van der Waals surface area contributed by atoms with Crippen molar-refractivity contribution in [3.8, 4) is 0 Å². The van der Waals surface area contributed by atoms with Crippen molar-refractivity contribution < 1.29 is 57.0 Å². The van der Waals surface area contributed by atoms with Crippen LogP contribution in [0.5, 0.6) is 0 Å². The predicted octanol–water partition coefficient (Wildman–Crippen LogP) is 10.5. The van der Waals surface area contributed by atoms with E-state index in [9.17, 15) is 9.59 Å². The topological polar surface area (TPSA) is 130 Å². The largest absolute Gasteiger partial charge is 0.374 e. The Hall–Kier alpha value is -6.98. The van der Waals surface area contributed by atoms with E-state index < -0.39 is 73.2 Å². The molecule has 2 fully saturated rings. The van der Waals surface area contributed by atoms with Crippen LogP contribution in [0.15, 0.2) is 219 Å². The molecular weight excluding hydrogens is 987 g/mol. The molecule has 2 saturated heterocycles. The van der Waals surface area contributed by atoms with E-state index in [1.165, 1.54) is 4.90 Å². The number of carbonyl (C=O) groups is 2. The maximum absolute atomic E-state index is 14.8. The van der Waals surface area contributed by atoms with Gasteiger partial charge in [0.2, 0.25) is 0 Å². The highest BCUT2D eigenvalue weighted by Crippen LogP contribution is 2.39. The maximum Gasteiger partial charge on any atom is 0.262 e. The van der Waals surface area contributed by atoms with Crippen LogP contribution in [-0.4, -0.2) is 97.9 Å². The molecule has 7 aromatic rings. The van der Waals surface area contributed by atoms with Gasteiger partial charge in [-0.25, -0.2) is 0 Å². The van der Waals surface area contributed by atoms with Crippen LogP contribution in [0.4, 0.5) is 0 Å². The lowest BCUT2D eigenvalue weighted by molar-refractivity contribution is -0.367. The Morgan fingerprint density at radius 2 is 0.731 bits per heavy atom. The highest BCUT2D eigenvalue weighted by molar-refractivity contribution is 6.21. The average molecular weight is 1050 g/mol. The maximum atomic E-state index is 14.8. The molecule has 3 heterocycles. The van der Waals surface area contributed by atoms with Gasteiger partial charge in [-0.2, -0.15) is 0 Å². The second kappa shape index (κ2) is 27.6. The molecule has 10 unspecified atom stereocenters. The molecule has 7 aromatic carbocycles. The second-order valence-electron chi connectivity index (χ2n) is 19.4. The van der Waals surface area contributed by atoms with E-state index in [-0.39, 0.29) is 64.0 Å². The standard InChI is InChI=1S/C65H65NO12/c1-2-37-71-64-56(66-62(67)52-35-21-22-36-53(52)63(66)68)59(73-41-49-29-15-6-16-30-49)58(55(76-64)45-70-39-47-25-11-4-12-26-47)78-65-61(75-43-51-33-19-8-20-34-51)60(74-42-50-31-17-7-18-32-50)57(72-40-48-27-13-5-14-28-48)54(77-65)44-69-38-46-23-9-3-10-24-46/h2-36,54-61,64-65H,1,37-45H2. The monoisotopic (exact) mass is 1050 g/mol. The summed E-state index contributed by atoms with van der Waals surface area (Å²) in [6, 6.07) is 64.6. The zero-order valence-electron chi connectivity index (χ0n) is 43.4. The van der Waals surface area contributed by atoms with Crippen LogP contribution in [0.3, 0.4) is 0 Å². The van der Waals surface area contributed by atoms with E-state index in [2.05, 4.69) is 6.58 Å². The minimum absolute atomic E-state index is 0.0233. The minimum Gasteiger partial charge on any atom is -0.374 e. The van der Waals surface area contributed by atoms with Crippen LogP contribution in [0, 0.1) is 0 Å². The summed E-state index contributed by atoms with van der Waals surface area (Å²) in [6.45, 7) is 5.14. The molecule has 13 heteroatoms. The zero-order chi connectivity index (χ0) is 53.3. The van der Waals surface area contributed by atoms with Gasteiger partial charge in [-0.3, -0.25) is 14.5 Å².